The minimum absolute atomic E-state index is 0.151. The first-order valence-corrected chi connectivity index (χ1v) is 9.16. The Balaban J connectivity index is 1.59. The summed E-state index contributed by atoms with van der Waals surface area (Å²) >= 11 is 13.1. The Labute approximate surface area is 159 Å². The van der Waals surface area contributed by atoms with Gasteiger partial charge in [0.05, 0.1) is 11.9 Å². The van der Waals surface area contributed by atoms with Crippen molar-refractivity contribution in [3.63, 3.8) is 0 Å². The van der Waals surface area contributed by atoms with Crippen LogP contribution in [0.4, 0.5) is 5.69 Å². The smallest absolute Gasteiger partial charge is 0.256 e. The summed E-state index contributed by atoms with van der Waals surface area (Å²) in [6.45, 7) is 1.91. The van der Waals surface area contributed by atoms with Crippen LogP contribution in [0.2, 0.25) is 10.0 Å². The molecular formula is C18H14Cl2N2O2S. The van der Waals surface area contributed by atoms with E-state index < -0.39 is 0 Å². The number of amides is 1. The number of hydrogen-bond donors (Lipinski definition) is 1. The van der Waals surface area contributed by atoms with Crippen LogP contribution in [0.3, 0.4) is 0 Å². The van der Waals surface area contributed by atoms with Crippen molar-refractivity contribution < 1.29 is 9.21 Å². The van der Waals surface area contributed by atoms with E-state index in [4.69, 9.17) is 27.6 Å². The standard InChI is InChI=1S/C18H14Cl2N2O2S/c1-11-2-5-14(20)8-15(11)22-17(23)10-25-18-21-9-16(24-18)12-3-6-13(19)7-4-12/h2-9H,10H2,1H3,(H,22,23). The summed E-state index contributed by atoms with van der Waals surface area (Å²) in [6.07, 6.45) is 1.63. The lowest BCUT2D eigenvalue weighted by atomic mass is 10.2. The maximum absolute atomic E-state index is 12.1. The van der Waals surface area contributed by atoms with Crippen LogP contribution in [-0.4, -0.2) is 16.6 Å². The number of anilines is 1. The average molecular weight is 393 g/mol. The van der Waals surface area contributed by atoms with Gasteiger partial charge in [0.2, 0.25) is 5.91 Å². The minimum atomic E-state index is -0.151. The lowest BCUT2D eigenvalue weighted by molar-refractivity contribution is -0.113. The van der Waals surface area contributed by atoms with Crippen molar-refractivity contribution in [1.82, 2.24) is 4.98 Å². The maximum atomic E-state index is 12.1. The zero-order chi connectivity index (χ0) is 17.8. The summed E-state index contributed by atoms with van der Waals surface area (Å²) in [4.78, 5) is 16.3. The molecule has 1 heterocycles. The number of thioether (sulfide) groups is 1. The van der Waals surface area contributed by atoms with Gasteiger partial charge in [-0.25, -0.2) is 4.98 Å². The molecule has 1 aromatic heterocycles. The van der Waals surface area contributed by atoms with Gasteiger partial charge >= 0.3 is 0 Å². The minimum Gasteiger partial charge on any atom is -0.431 e. The number of nitrogens with one attached hydrogen (secondary N) is 1. The molecule has 0 saturated carbocycles. The Hall–Kier alpha value is -1.95. The lowest BCUT2D eigenvalue weighted by Crippen LogP contribution is -2.14. The van der Waals surface area contributed by atoms with Gasteiger partial charge in [-0.1, -0.05) is 41.0 Å². The quantitative estimate of drug-likeness (QED) is 0.566. The van der Waals surface area contributed by atoms with Crippen molar-refractivity contribution in [3.8, 4) is 11.3 Å². The molecule has 2 aromatic carbocycles. The first-order chi connectivity index (χ1) is 12.0. The highest BCUT2D eigenvalue weighted by Crippen LogP contribution is 2.27. The summed E-state index contributed by atoms with van der Waals surface area (Å²) in [6, 6.07) is 12.6. The van der Waals surface area contributed by atoms with Crippen molar-refractivity contribution in [1.29, 1.82) is 0 Å². The third kappa shape index (κ3) is 4.78. The molecule has 0 bridgehead atoms. The van der Waals surface area contributed by atoms with E-state index in [1.165, 1.54) is 11.8 Å². The molecule has 0 radical (unpaired) electrons. The van der Waals surface area contributed by atoms with Gasteiger partial charge in [-0.2, -0.15) is 0 Å². The summed E-state index contributed by atoms with van der Waals surface area (Å²) in [5, 5.41) is 4.51. The average Bonchev–Trinajstić information content (AvgIpc) is 3.06. The molecule has 0 aliphatic carbocycles. The monoisotopic (exact) mass is 392 g/mol. The van der Waals surface area contributed by atoms with Crippen LogP contribution < -0.4 is 5.32 Å². The van der Waals surface area contributed by atoms with E-state index in [9.17, 15) is 4.79 Å². The van der Waals surface area contributed by atoms with E-state index in [0.717, 1.165) is 11.1 Å². The number of rotatable bonds is 5. The molecule has 0 aliphatic rings. The first-order valence-electron chi connectivity index (χ1n) is 7.42. The van der Waals surface area contributed by atoms with Gasteiger partial charge in [0.1, 0.15) is 0 Å². The lowest BCUT2D eigenvalue weighted by Gasteiger charge is -2.07. The van der Waals surface area contributed by atoms with E-state index in [1.807, 2.05) is 25.1 Å². The molecule has 4 nitrogen and oxygen atoms in total. The number of aryl methyl sites for hydroxylation is 1. The molecule has 0 saturated heterocycles. The second-order valence-corrected chi connectivity index (χ2v) is 7.09. The molecule has 0 spiro atoms. The van der Waals surface area contributed by atoms with Crippen molar-refractivity contribution in [2.75, 3.05) is 11.1 Å². The van der Waals surface area contributed by atoms with Gasteiger partial charge < -0.3 is 9.73 Å². The zero-order valence-electron chi connectivity index (χ0n) is 13.3. The molecule has 7 heteroatoms. The molecule has 1 N–H and O–H groups in total. The van der Waals surface area contributed by atoms with Crippen LogP contribution in [0.15, 0.2) is 58.3 Å². The van der Waals surface area contributed by atoms with Gasteiger partial charge in [-0.3, -0.25) is 4.79 Å². The van der Waals surface area contributed by atoms with Gasteiger partial charge in [-0.15, -0.1) is 0 Å². The van der Waals surface area contributed by atoms with E-state index in [1.54, 1.807) is 30.5 Å². The third-order valence-corrected chi connectivity index (χ3v) is 4.74. The van der Waals surface area contributed by atoms with Crippen molar-refractivity contribution in [2.45, 2.75) is 12.1 Å². The number of nitrogens with zero attached hydrogens (tertiary/aromatic N) is 1. The van der Waals surface area contributed by atoms with Gasteiger partial charge in [0.15, 0.2) is 5.76 Å². The van der Waals surface area contributed by atoms with Crippen LogP contribution >= 0.6 is 35.0 Å². The first kappa shape index (κ1) is 17.9. The molecule has 1 amide bonds. The topological polar surface area (TPSA) is 55.1 Å². The Morgan fingerprint density at radius 3 is 2.64 bits per heavy atom. The fourth-order valence-corrected chi connectivity index (χ4v) is 3.02. The molecule has 0 atom stereocenters. The molecule has 3 aromatic rings. The van der Waals surface area contributed by atoms with E-state index in [-0.39, 0.29) is 11.7 Å². The molecule has 3 rings (SSSR count). The summed E-state index contributed by atoms with van der Waals surface area (Å²) in [7, 11) is 0. The van der Waals surface area contributed by atoms with Crippen molar-refractivity contribution in [3.05, 3.63) is 64.3 Å². The molecule has 25 heavy (non-hydrogen) atoms. The summed E-state index contributed by atoms with van der Waals surface area (Å²) in [5.74, 6) is 0.666. The third-order valence-electron chi connectivity index (χ3n) is 3.41. The molecule has 0 fully saturated rings. The van der Waals surface area contributed by atoms with Gasteiger partial charge in [0.25, 0.3) is 5.22 Å². The maximum Gasteiger partial charge on any atom is 0.256 e. The van der Waals surface area contributed by atoms with E-state index in [2.05, 4.69) is 10.3 Å². The zero-order valence-corrected chi connectivity index (χ0v) is 15.6. The fourth-order valence-electron chi connectivity index (χ4n) is 2.11. The Morgan fingerprint density at radius 1 is 1.16 bits per heavy atom. The van der Waals surface area contributed by atoms with Gasteiger partial charge in [0, 0.05) is 21.3 Å². The second kappa shape index (κ2) is 7.95. The molecule has 0 unspecified atom stereocenters. The number of aromatic nitrogens is 1. The molecule has 0 aliphatic heterocycles. The molecule has 128 valence electrons. The number of halogens is 2. The number of benzene rings is 2. The largest absolute Gasteiger partial charge is 0.431 e. The normalized spacial score (nSPS) is 10.7. The van der Waals surface area contributed by atoms with Crippen LogP contribution in [-0.2, 0) is 4.79 Å². The Morgan fingerprint density at radius 2 is 1.88 bits per heavy atom. The van der Waals surface area contributed by atoms with E-state index >= 15 is 0 Å². The van der Waals surface area contributed by atoms with Crippen LogP contribution in [0.25, 0.3) is 11.3 Å². The summed E-state index contributed by atoms with van der Waals surface area (Å²) < 4.78 is 5.66. The Bertz CT molecular complexity index is 894. The predicted molar refractivity (Wildman–Crippen MR) is 102 cm³/mol. The number of hydrogen-bond acceptors (Lipinski definition) is 4. The van der Waals surface area contributed by atoms with Crippen LogP contribution in [0.1, 0.15) is 5.56 Å². The van der Waals surface area contributed by atoms with Crippen LogP contribution in [0.5, 0.6) is 0 Å². The predicted octanol–water partition coefficient (Wildman–Crippen LogP) is 5.69. The number of carbonyl (C=O) groups excluding carboxylic acids is 1. The van der Waals surface area contributed by atoms with Crippen molar-refractivity contribution >= 4 is 46.6 Å². The van der Waals surface area contributed by atoms with Crippen molar-refractivity contribution in [2.24, 2.45) is 0 Å². The van der Waals surface area contributed by atoms with Crippen LogP contribution in [0, 0.1) is 6.92 Å². The van der Waals surface area contributed by atoms with Gasteiger partial charge in [-0.05, 0) is 48.9 Å². The SMILES string of the molecule is Cc1ccc(Cl)cc1NC(=O)CSc1ncc(-c2ccc(Cl)cc2)o1. The number of carbonyl (C=O) groups is 1. The highest BCUT2D eigenvalue weighted by Gasteiger charge is 2.11. The highest BCUT2D eigenvalue weighted by molar-refractivity contribution is 7.99. The highest BCUT2D eigenvalue weighted by atomic mass is 35.5. The summed E-state index contributed by atoms with van der Waals surface area (Å²) in [5.41, 5.74) is 2.53. The Kier molecular flexibility index (Phi) is 5.68. The molecular weight excluding hydrogens is 379 g/mol. The fraction of sp³-hybridized carbons (Fsp3) is 0.111. The second-order valence-electron chi connectivity index (χ2n) is 5.29. The number of oxazole rings is 1. The van der Waals surface area contributed by atoms with E-state index in [0.29, 0.717) is 26.7 Å².